The number of nitrogens with one attached hydrogen (secondary N) is 1. The third-order valence-corrected chi connectivity index (χ3v) is 4.59. The second-order valence-corrected chi connectivity index (χ2v) is 5.53. The van der Waals surface area contributed by atoms with E-state index >= 15 is 0 Å². The van der Waals surface area contributed by atoms with Crippen LogP contribution < -0.4 is 5.32 Å². The van der Waals surface area contributed by atoms with E-state index in [0.717, 1.165) is 5.92 Å². The van der Waals surface area contributed by atoms with E-state index < -0.39 is 0 Å². The number of fused-ring (bicyclic) bond motifs is 3. The van der Waals surface area contributed by atoms with Crippen molar-refractivity contribution in [3.8, 4) is 0 Å². The summed E-state index contributed by atoms with van der Waals surface area (Å²) in [7, 11) is 0. The molecule has 0 saturated carbocycles. The van der Waals surface area contributed by atoms with E-state index in [1.807, 2.05) is 0 Å². The fraction of sp³-hybridized carbons (Fsp3) is 0.538. The van der Waals surface area contributed by atoms with Crippen LogP contribution in [0.5, 0.6) is 0 Å². The molecule has 1 aliphatic heterocycles. The van der Waals surface area contributed by atoms with Gasteiger partial charge in [0, 0.05) is 10.5 Å². The summed E-state index contributed by atoms with van der Waals surface area (Å²) in [6.45, 7) is 1.19. The van der Waals surface area contributed by atoms with Crippen molar-refractivity contribution in [1.82, 2.24) is 5.32 Å². The van der Waals surface area contributed by atoms with Crippen LogP contribution in [0.3, 0.4) is 0 Å². The van der Waals surface area contributed by atoms with Crippen molar-refractivity contribution in [2.24, 2.45) is 5.92 Å². The van der Waals surface area contributed by atoms with Gasteiger partial charge in [-0.05, 0) is 55.3 Å². The van der Waals surface area contributed by atoms with Crippen molar-refractivity contribution in [3.63, 3.8) is 0 Å². The van der Waals surface area contributed by atoms with Gasteiger partial charge in [0.15, 0.2) is 0 Å². The van der Waals surface area contributed by atoms with Gasteiger partial charge in [-0.1, -0.05) is 28.1 Å². The average Bonchev–Trinajstić information content (AvgIpc) is 2.29. The van der Waals surface area contributed by atoms with Crippen LogP contribution in [0.25, 0.3) is 0 Å². The zero-order valence-electron chi connectivity index (χ0n) is 8.80. The van der Waals surface area contributed by atoms with E-state index in [1.165, 1.54) is 42.3 Å². The molecule has 0 bridgehead atoms. The van der Waals surface area contributed by atoms with Gasteiger partial charge in [0.1, 0.15) is 0 Å². The van der Waals surface area contributed by atoms with Crippen LogP contribution in [0.2, 0.25) is 0 Å². The number of hydrogen-bond donors (Lipinski definition) is 1. The first-order chi connectivity index (χ1) is 7.36. The molecule has 1 saturated heterocycles. The van der Waals surface area contributed by atoms with Crippen molar-refractivity contribution in [3.05, 3.63) is 33.8 Å². The lowest BCUT2D eigenvalue weighted by Gasteiger charge is -2.38. The molecule has 1 aromatic rings. The van der Waals surface area contributed by atoms with Crippen LogP contribution >= 0.6 is 15.9 Å². The SMILES string of the molecule is Brc1cccc2c1CCC1CCCNC21. The zero-order valence-corrected chi connectivity index (χ0v) is 10.4. The van der Waals surface area contributed by atoms with E-state index in [0.29, 0.717) is 6.04 Å². The van der Waals surface area contributed by atoms with Crippen LogP contribution in [0.15, 0.2) is 22.7 Å². The fourth-order valence-corrected chi connectivity index (χ4v) is 3.67. The van der Waals surface area contributed by atoms with Crippen molar-refractivity contribution in [1.29, 1.82) is 0 Å². The highest BCUT2D eigenvalue weighted by atomic mass is 79.9. The van der Waals surface area contributed by atoms with Crippen LogP contribution in [-0.4, -0.2) is 6.54 Å². The molecule has 1 aromatic carbocycles. The van der Waals surface area contributed by atoms with Crippen LogP contribution in [0.4, 0.5) is 0 Å². The Kier molecular flexibility index (Phi) is 2.57. The van der Waals surface area contributed by atoms with Gasteiger partial charge in [-0.15, -0.1) is 0 Å². The Hall–Kier alpha value is -0.340. The second-order valence-electron chi connectivity index (χ2n) is 4.68. The van der Waals surface area contributed by atoms with Gasteiger partial charge >= 0.3 is 0 Å². The Bertz CT molecular complexity index is 375. The molecule has 1 aliphatic carbocycles. The van der Waals surface area contributed by atoms with Crippen molar-refractivity contribution >= 4 is 15.9 Å². The number of rotatable bonds is 0. The van der Waals surface area contributed by atoms with Crippen molar-refractivity contribution in [2.75, 3.05) is 6.54 Å². The number of piperidine rings is 1. The second kappa shape index (κ2) is 3.91. The van der Waals surface area contributed by atoms with Crippen molar-refractivity contribution in [2.45, 2.75) is 31.7 Å². The van der Waals surface area contributed by atoms with Crippen LogP contribution in [-0.2, 0) is 6.42 Å². The highest BCUT2D eigenvalue weighted by molar-refractivity contribution is 9.10. The predicted molar refractivity (Wildman–Crippen MR) is 65.9 cm³/mol. The Morgan fingerprint density at radius 1 is 1.27 bits per heavy atom. The average molecular weight is 266 g/mol. The standard InChI is InChI=1S/C13H16BrN/c14-12-5-1-4-11-10(12)7-6-9-3-2-8-15-13(9)11/h1,4-5,9,13,15H,2-3,6-8H2. The zero-order chi connectivity index (χ0) is 10.3. The third-order valence-electron chi connectivity index (χ3n) is 3.84. The Balaban J connectivity index is 2.03. The molecule has 15 heavy (non-hydrogen) atoms. The molecule has 1 N–H and O–H groups in total. The summed E-state index contributed by atoms with van der Waals surface area (Å²) in [6.07, 6.45) is 5.36. The molecule has 0 spiro atoms. The number of benzene rings is 1. The lowest BCUT2D eigenvalue weighted by atomic mass is 9.76. The minimum atomic E-state index is 0.625. The lowest BCUT2D eigenvalue weighted by molar-refractivity contribution is 0.254. The summed E-state index contributed by atoms with van der Waals surface area (Å²) >= 11 is 3.67. The Labute approximate surface area is 99.4 Å². The topological polar surface area (TPSA) is 12.0 Å². The Morgan fingerprint density at radius 2 is 2.20 bits per heavy atom. The summed E-state index contributed by atoms with van der Waals surface area (Å²) in [5, 5.41) is 3.68. The number of halogens is 1. The fourth-order valence-electron chi connectivity index (χ4n) is 3.09. The highest BCUT2D eigenvalue weighted by Crippen LogP contribution is 2.41. The highest BCUT2D eigenvalue weighted by Gasteiger charge is 2.31. The molecule has 1 fully saturated rings. The summed E-state index contributed by atoms with van der Waals surface area (Å²) in [4.78, 5) is 0. The molecule has 1 heterocycles. The monoisotopic (exact) mass is 265 g/mol. The first kappa shape index (κ1) is 9.86. The van der Waals surface area contributed by atoms with E-state index in [4.69, 9.17) is 0 Å². The molecule has 2 heteroatoms. The summed E-state index contributed by atoms with van der Waals surface area (Å²) < 4.78 is 1.30. The predicted octanol–water partition coefficient (Wildman–Crippen LogP) is 3.44. The van der Waals surface area contributed by atoms with Crippen LogP contribution in [0, 0.1) is 5.92 Å². The molecular weight excluding hydrogens is 250 g/mol. The maximum atomic E-state index is 3.68. The van der Waals surface area contributed by atoms with Gasteiger partial charge < -0.3 is 5.32 Å². The largest absolute Gasteiger partial charge is 0.310 e. The molecule has 2 aliphatic rings. The van der Waals surface area contributed by atoms with E-state index in [1.54, 1.807) is 5.56 Å². The van der Waals surface area contributed by atoms with Gasteiger partial charge in [0.2, 0.25) is 0 Å². The summed E-state index contributed by atoms with van der Waals surface area (Å²) in [5.74, 6) is 0.876. The molecular formula is C13H16BrN. The first-order valence-electron chi connectivity index (χ1n) is 5.87. The van der Waals surface area contributed by atoms with E-state index in [9.17, 15) is 0 Å². The Morgan fingerprint density at radius 3 is 3.13 bits per heavy atom. The van der Waals surface area contributed by atoms with Crippen molar-refractivity contribution < 1.29 is 0 Å². The lowest BCUT2D eigenvalue weighted by Crippen LogP contribution is -2.37. The molecule has 0 radical (unpaired) electrons. The molecule has 1 nitrogen and oxygen atoms in total. The quantitative estimate of drug-likeness (QED) is 0.758. The molecule has 2 unspecified atom stereocenters. The normalized spacial score (nSPS) is 29.4. The maximum absolute atomic E-state index is 3.68. The minimum Gasteiger partial charge on any atom is -0.310 e. The molecule has 2 atom stereocenters. The maximum Gasteiger partial charge on any atom is 0.0351 e. The van der Waals surface area contributed by atoms with Gasteiger partial charge in [-0.2, -0.15) is 0 Å². The summed E-state index contributed by atoms with van der Waals surface area (Å²) in [5.41, 5.74) is 3.08. The van der Waals surface area contributed by atoms with E-state index in [2.05, 4.69) is 39.4 Å². The van der Waals surface area contributed by atoms with Gasteiger partial charge in [-0.3, -0.25) is 0 Å². The minimum absolute atomic E-state index is 0.625. The molecule has 3 rings (SSSR count). The first-order valence-corrected chi connectivity index (χ1v) is 6.66. The number of hydrogen-bond acceptors (Lipinski definition) is 1. The van der Waals surface area contributed by atoms with E-state index in [-0.39, 0.29) is 0 Å². The third kappa shape index (κ3) is 1.64. The van der Waals surface area contributed by atoms with Crippen LogP contribution in [0.1, 0.15) is 36.4 Å². The van der Waals surface area contributed by atoms with Gasteiger partial charge in [-0.25, -0.2) is 0 Å². The van der Waals surface area contributed by atoms with Gasteiger partial charge in [0.25, 0.3) is 0 Å². The molecule has 0 amide bonds. The molecule has 0 aromatic heterocycles. The summed E-state index contributed by atoms with van der Waals surface area (Å²) in [6, 6.07) is 7.26. The molecule has 80 valence electrons. The van der Waals surface area contributed by atoms with Gasteiger partial charge in [0.05, 0.1) is 0 Å². The smallest absolute Gasteiger partial charge is 0.0351 e.